The number of H-pyrrole nitrogens is 1. The Labute approximate surface area is 184 Å². The first-order chi connectivity index (χ1) is 15.0. The lowest BCUT2D eigenvalue weighted by molar-refractivity contribution is -0.136. The van der Waals surface area contributed by atoms with Gasteiger partial charge in [-0.1, -0.05) is 0 Å². The molecule has 0 bridgehead atoms. The van der Waals surface area contributed by atoms with Crippen molar-refractivity contribution in [1.82, 2.24) is 9.97 Å². The van der Waals surface area contributed by atoms with Crippen LogP contribution in [0.4, 0.5) is 0 Å². The number of hydrogen-bond donors (Lipinski definition) is 2. The molecule has 6 nitrogen and oxygen atoms in total. The minimum absolute atomic E-state index is 0.0160. The highest BCUT2D eigenvalue weighted by molar-refractivity contribution is 7.15. The molecule has 0 spiro atoms. The summed E-state index contributed by atoms with van der Waals surface area (Å²) in [5.74, 6) is 0.687. The maximum atomic E-state index is 11.0. The van der Waals surface area contributed by atoms with E-state index in [4.69, 9.17) is 14.6 Å². The average molecular weight is 437 g/mol. The third-order valence-electron chi connectivity index (χ3n) is 5.04. The molecule has 0 aliphatic carbocycles. The number of carboxylic acid groups (broad SMARTS) is 1. The van der Waals surface area contributed by atoms with Crippen molar-refractivity contribution >= 4 is 28.2 Å². The normalized spacial score (nSPS) is 11.0. The monoisotopic (exact) mass is 436 g/mol. The van der Waals surface area contributed by atoms with Crippen LogP contribution in [0.15, 0.2) is 48.7 Å². The average Bonchev–Trinajstić information content (AvgIpc) is 3.30. The zero-order valence-corrected chi connectivity index (χ0v) is 18.3. The lowest BCUT2D eigenvalue weighted by atomic mass is 10.1. The quantitative estimate of drug-likeness (QED) is 0.344. The molecule has 2 aromatic carbocycles. The molecule has 4 aromatic rings. The van der Waals surface area contributed by atoms with Gasteiger partial charge in [0.25, 0.3) is 0 Å². The number of carbonyl (C=O) groups is 1. The van der Waals surface area contributed by atoms with E-state index in [0.29, 0.717) is 13.2 Å². The molecule has 7 heteroatoms. The van der Waals surface area contributed by atoms with E-state index < -0.39 is 5.97 Å². The first-order valence-corrected chi connectivity index (χ1v) is 10.9. The van der Waals surface area contributed by atoms with Crippen LogP contribution in [0.1, 0.15) is 22.6 Å². The van der Waals surface area contributed by atoms with E-state index in [0.717, 1.165) is 50.7 Å². The molecule has 0 amide bonds. The van der Waals surface area contributed by atoms with E-state index in [9.17, 15) is 4.79 Å². The summed E-state index contributed by atoms with van der Waals surface area (Å²) >= 11 is 1.70. The van der Waals surface area contributed by atoms with Crippen molar-refractivity contribution < 1.29 is 19.4 Å². The van der Waals surface area contributed by atoms with E-state index in [1.807, 2.05) is 49.4 Å². The predicted octanol–water partition coefficient (Wildman–Crippen LogP) is 5.38. The first kappa shape index (κ1) is 20.9. The number of nitrogens with one attached hydrogen (secondary N) is 1. The van der Waals surface area contributed by atoms with Crippen LogP contribution in [-0.4, -0.2) is 34.3 Å². The molecule has 0 atom stereocenters. The van der Waals surface area contributed by atoms with Crippen LogP contribution in [0, 0.1) is 13.8 Å². The number of aromatic nitrogens is 2. The number of benzene rings is 2. The lowest BCUT2D eigenvalue weighted by Gasteiger charge is -2.09. The number of fused-ring (bicyclic) bond motifs is 1. The summed E-state index contributed by atoms with van der Waals surface area (Å²) in [5.41, 5.74) is 3.83. The van der Waals surface area contributed by atoms with Gasteiger partial charge in [-0.05, 0) is 61.9 Å². The summed E-state index contributed by atoms with van der Waals surface area (Å²) in [5, 5.41) is 10.9. The van der Waals surface area contributed by atoms with E-state index >= 15 is 0 Å². The second-order valence-electron chi connectivity index (χ2n) is 7.33. The van der Waals surface area contributed by atoms with Crippen LogP contribution in [0.25, 0.3) is 21.5 Å². The zero-order valence-electron chi connectivity index (χ0n) is 17.5. The molecular formula is C24H24N2O4S. The fraction of sp³-hybridized carbons (Fsp3) is 0.250. The Bertz CT molecular complexity index is 1170. The standard InChI is InChI=1S/C24H24N2O4S/c1-15-16(2)31-24(26-15)17-4-6-19(7-5-17)29-10-3-11-30-20-8-9-22-21(13-20)18(14-25-22)12-23(27)28/h4-9,13-14,25H,3,10-12H2,1-2H3,(H,27,28). The first-order valence-electron chi connectivity index (χ1n) is 10.1. The Morgan fingerprint density at radius 1 is 1.06 bits per heavy atom. The number of ether oxygens (including phenoxy) is 2. The molecule has 2 N–H and O–H groups in total. The van der Waals surface area contributed by atoms with Gasteiger partial charge >= 0.3 is 5.97 Å². The molecule has 160 valence electrons. The van der Waals surface area contributed by atoms with Gasteiger partial charge in [0, 0.05) is 34.0 Å². The van der Waals surface area contributed by atoms with Crippen molar-refractivity contribution in [3.05, 3.63) is 64.8 Å². The summed E-state index contributed by atoms with van der Waals surface area (Å²) in [4.78, 5) is 19.9. The van der Waals surface area contributed by atoms with Gasteiger partial charge in [-0.2, -0.15) is 0 Å². The molecule has 0 unspecified atom stereocenters. The van der Waals surface area contributed by atoms with Crippen molar-refractivity contribution in [3.8, 4) is 22.1 Å². The number of nitrogens with zero attached hydrogens (tertiary/aromatic N) is 1. The van der Waals surface area contributed by atoms with Gasteiger partial charge in [0.15, 0.2) is 0 Å². The van der Waals surface area contributed by atoms with Crippen molar-refractivity contribution in [2.45, 2.75) is 26.7 Å². The fourth-order valence-corrected chi connectivity index (χ4v) is 4.21. The SMILES string of the molecule is Cc1nc(-c2ccc(OCCCOc3ccc4[nH]cc(CC(=O)O)c4c3)cc2)sc1C. The summed E-state index contributed by atoms with van der Waals surface area (Å²) in [6, 6.07) is 13.7. The largest absolute Gasteiger partial charge is 0.493 e. The smallest absolute Gasteiger partial charge is 0.307 e. The number of aliphatic carboxylic acids is 1. The van der Waals surface area contributed by atoms with Crippen LogP contribution in [0.2, 0.25) is 0 Å². The molecule has 0 aliphatic rings. The second-order valence-corrected chi connectivity index (χ2v) is 8.53. The Kier molecular flexibility index (Phi) is 6.23. The van der Waals surface area contributed by atoms with Gasteiger partial charge in [0.05, 0.1) is 25.3 Å². The van der Waals surface area contributed by atoms with Crippen LogP contribution >= 0.6 is 11.3 Å². The minimum atomic E-state index is -0.853. The number of carboxylic acids is 1. The van der Waals surface area contributed by atoms with Gasteiger partial charge in [-0.25, -0.2) is 4.98 Å². The summed E-state index contributed by atoms with van der Waals surface area (Å²) in [6.45, 7) is 5.17. The maximum absolute atomic E-state index is 11.0. The molecule has 0 fully saturated rings. The molecule has 0 radical (unpaired) electrons. The van der Waals surface area contributed by atoms with Crippen LogP contribution in [-0.2, 0) is 11.2 Å². The van der Waals surface area contributed by atoms with Crippen molar-refractivity contribution in [2.75, 3.05) is 13.2 Å². The van der Waals surface area contributed by atoms with Crippen molar-refractivity contribution in [3.63, 3.8) is 0 Å². The van der Waals surface area contributed by atoms with Crippen LogP contribution in [0.5, 0.6) is 11.5 Å². The van der Waals surface area contributed by atoms with Crippen molar-refractivity contribution in [2.24, 2.45) is 0 Å². The third kappa shape index (κ3) is 5.06. The zero-order chi connectivity index (χ0) is 21.8. The van der Waals surface area contributed by atoms with E-state index in [-0.39, 0.29) is 6.42 Å². The van der Waals surface area contributed by atoms with Gasteiger partial charge in [-0.15, -0.1) is 11.3 Å². The van der Waals surface area contributed by atoms with Crippen LogP contribution < -0.4 is 9.47 Å². The Morgan fingerprint density at radius 2 is 1.77 bits per heavy atom. The van der Waals surface area contributed by atoms with Gasteiger partial charge in [-0.3, -0.25) is 4.79 Å². The highest BCUT2D eigenvalue weighted by Crippen LogP contribution is 2.28. The highest BCUT2D eigenvalue weighted by Gasteiger charge is 2.09. The summed E-state index contributed by atoms with van der Waals surface area (Å²) in [6.07, 6.45) is 2.45. The van der Waals surface area contributed by atoms with Gasteiger partial charge in [0.2, 0.25) is 0 Å². The van der Waals surface area contributed by atoms with Gasteiger partial charge < -0.3 is 19.6 Å². The fourth-order valence-electron chi connectivity index (χ4n) is 3.29. The molecule has 0 aliphatic heterocycles. The van der Waals surface area contributed by atoms with E-state index in [1.165, 1.54) is 4.88 Å². The topological polar surface area (TPSA) is 84.4 Å². The van der Waals surface area contributed by atoms with Crippen LogP contribution in [0.3, 0.4) is 0 Å². The number of aromatic amines is 1. The Balaban J connectivity index is 1.26. The number of hydrogen-bond acceptors (Lipinski definition) is 5. The molecule has 2 aromatic heterocycles. The molecule has 0 saturated heterocycles. The van der Waals surface area contributed by atoms with Crippen molar-refractivity contribution in [1.29, 1.82) is 0 Å². The van der Waals surface area contributed by atoms with E-state index in [1.54, 1.807) is 17.5 Å². The highest BCUT2D eigenvalue weighted by atomic mass is 32.1. The number of thiazole rings is 1. The lowest BCUT2D eigenvalue weighted by Crippen LogP contribution is -2.05. The third-order valence-corrected chi connectivity index (χ3v) is 6.16. The second kappa shape index (κ2) is 9.22. The Hall–Kier alpha value is -3.32. The predicted molar refractivity (Wildman–Crippen MR) is 122 cm³/mol. The Morgan fingerprint density at radius 3 is 2.45 bits per heavy atom. The maximum Gasteiger partial charge on any atom is 0.307 e. The number of aryl methyl sites for hydroxylation is 2. The number of rotatable bonds is 9. The minimum Gasteiger partial charge on any atom is -0.493 e. The molecule has 31 heavy (non-hydrogen) atoms. The summed E-state index contributed by atoms with van der Waals surface area (Å²) < 4.78 is 11.6. The molecular weight excluding hydrogens is 412 g/mol. The van der Waals surface area contributed by atoms with E-state index in [2.05, 4.69) is 16.9 Å². The summed E-state index contributed by atoms with van der Waals surface area (Å²) in [7, 11) is 0. The molecule has 4 rings (SSSR count). The van der Waals surface area contributed by atoms with Gasteiger partial charge in [0.1, 0.15) is 16.5 Å². The molecule has 0 saturated carbocycles. The molecule has 2 heterocycles.